The Bertz CT molecular complexity index is 1160. The molecule has 3 amide bonds. The molecule has 7 heteroatoms. The van der Waals surface area contributed by atoms with Crippen molar-refractivity contribution in [2.24, 2.45) is 28.8 Å². The molecule has 4 atom stereocenters. The van der Waals surface area contributed by atoms with E-state index in [1.165, 1.54) is 11.1 Å². The second-order valence-electron chi connectivity index (χ2n) is 8.33. The molecular weight excluding hydrogens is 404 g/mol. The van der Waals surface area contributed by atoms with E-state index < -0.39 is 5.91 Å². The van der Waals surface area contributed by atoms with Crippen molar-refractivity contribution in [2.45, 2.75) is 12.8 Å². The Morgan fingerprint density at radius 2 is 1.56 bits per heavy atom. The van der Waals surface area contributed by atoms with Gasteiger partial charge in [-0.2, -0.15) is 10.4 Å². The zero-order valence-corrected chi connectivity index (χ0v) is 17.1. The van der Waals surface area contributed by atoms with Crippen molar-refractivity contribution in [3.05, 3.63) is 77.4 Å². The summed E-state index contributed by atoms with van der Waals surface area (Å²) in [4.78, 5) is 39.7. The molecule has 158 valence electrons. The minimum atomic E-state index is -0.406. The van der Waals surface area contributed by atoms with Crippen molar-refractivity contribution in [2.75, 3.05) is 4.90 Å². The molecule has 2 fully saturated rings. The smallest absolute Gasteiger partial charge is 0.271 e. The molecule has 4 unspecified atom stereocenters. The van der Waals surface area contributed by atoms with Gasteiger partial charge >= 0.3 is 0 Å². The summed E-state index contributed by atoms with van der Waals surface area (Å²) in [7, 11) is 0. The number of fused-ring (bicyclic) bond motifs is 1. The number of hydrogen-bond donors (Lipinski definition) is 1. The molecule has 1 saturated carbocycles. The van der Waals surface area contributed by atoms with E-state index in [0.717, 1.165) is 18.4 Å². The minimum Gasteiger partial charge on any atom is -0.274 e. The summed E-state index contributed by atoms with van der Waals surface area (Å²) in [5.41, 5.74) is 4.60. The van der Waals surface area contributed by atoms with Crippen molar-refractivity contribution in [1.82, 2.24) is 5.43 Å². The first-order chi connectivity index (χ1) is 15.6. The molecule has 1 saturated heterocycles. The van der Waals surface area contributed by atoms with Gasteiger partial charge in [-0.1, -0.05) is 24.3 Å². The summed E-state index contributed by atoms with van der Waals surface area (Å²) in [6.07, 6.45) is 7.58. The molecule has 1 N–H and O–H groups in total. The van der Waals surface area contributed by atoms with Crippen LogP contribution in [0.15, 0.2) is 65.8 Å². The zero-order valence-electron chi connectivity index (χ0n) is 17.1. The third kappa shape index (κ3) is 3.30. The molecule has 2 bridgehead atoms. The van der Waals surface area contributed by atoms with Gasteiger partial charge in [-0.15, -0.1) is 0 Å². The number of imide groups is 1. The van der Waals surface area contributed by atoms with Gasteiger partial charge in [0.1, 0.15) is 0 Å². The van der Waals surface area contributed by atoms with Gasteiger partial charge in [0.05, 0.1) is 35.4 Å². The lowest BCUT2D eigenvalue weighted by atomic mass is 9.63. The molecule has 1 aliphatic heterocycles. The van der Waals surface area contributed by atoms with E-state index in [4.69, 9.17) is 5.26 Å². The number of rotatable bonds is 4. The first kappa shape index (κ1) is 19.9. The van der Waals surface area contributed by atoms with Crippen LogP contribution in [0, 0.1) is 35.0 Å². The maximum atomic E-state index is 13.0. The molecule has 1 heterocycles. The number of nitrogens with one attached hydrogen (secondary N) is 1. The highest BCUT2D eigenvalue weighted by atomic mass is 16.2. The first-order valence-electron chi connectivity index (χ1n) is 10.6. The summed E-state index contributed by atoms with van der Waals surface area (Å²) >= 11 is 0. The van der Waals surface area contributed by atoms with Crippen LogP contribution in [0.3, 0.4) is 0 Å². The normalized spacial score (nSPS) is 25.8. The quantitative estimate of drug-likeness (QED) is 0.353. The number of nitriles is 1. The summed E-state index contributed by atoms with van der Waals surface area (Å²) in [6.45, 7) is 0. The van der Waals surface area contributed by atoms with Gasteiger partial charge < -0.3 is 0 Å². The first-order valence-corrected chi connectivity index (χ1v) is 10.6. The maximum absolute atomic E-state index is 13.0. The van der Waals surface area contributed by atoms with Gasteiger partial charge in [0.15, 0.2) is 0 Å². The fraction of sp³-hybridized carbons (Fsp3) is 0.240. The van der Waals surface area contributed by atoms with E-state index >= 15 is 0 Å². The minimum absolute atomic E-state index is 0.136. The maximum Gasteiger partial charge on any atom is 0.271 e. The number of anilines is 1. The molecule has 3 aliphatic carbocycles. The average molecular weight is 424 g/mol. The van der Waals surface area contributed by atoms with E-state index in [-0.39, 0.29) is 35.5 Å². The van der Waals surface area contributed by atoms with Crippen LogP contribution in [0.1, 0.15) is 34.3 Å². The van der Waals surface area contributed by atoms with Gasteiger partial charge in [0.25, 0.3) is 5.91 Å². The Balaban J connectivity index is 1.26. The van der Waals surface area contributed by atoms with E-state index in [9.17, 15) is 14.4 Å². The topological polar surface area (TPSA) is 103 Å². The van der Waals surface area contributed by atoms with Gasteiger partial charge in [-0.3, -0.25) is 19.3 Å². The van der Waals surface area contributed by atoms with E-state index in [2.05, 4.69) is 22.7 Å². The van der Waals surface area contributed by atoms with Crippen LogP contribution in [-0.4, -0.2) is 23.9 Å². The molecule has 0 spiro atoms. The van der Waals surface area contributed by atoms with Crippen molar-refractivity contribution < 1.29 is 14.4 Å². The number of carbonyl (C=O) groups is 3. The van der Waals surface area contributed by atoms with Crippen LogP contribution in [0.4, 0.5) is 5.69 Å². The van der Waals surface area contributed by atoms with E-state index in [1.807, 2.05) is 6.07 Å². The molecule has 6 rings (SSSR count). The summed E-state index contributed by atoms with van der Waals surface area (Å²) in [5.74, 6) is -0.907. The molecule has 7 nitrogen and oxygen atoms in total. The van der Waals surface area contributed by atoms with Crippen molar-refractivity contribution in [3.8, 4) is 6.07 Å². The number of hydrazone groups is 1. The average Bonchev–Trinajstić information content (AvgIpc) is 3.12. The predicted octanol–water partition coefficient (Wildman–Crippen LogP) is 3.02. The largest absolute Gasteiger partial charge is 0.274 e. The summed E-state index contributed by atoms with van der Waals surface area (Å²) in [5, 5.41) is 12.8. The Morgan fingerprint density at radius 1 is 0.969 bits per heavy atom. The standard InChI is InChI=1S/C25H20N4O3/c26-13-15-1-3-16(4-2-15)14-27-28-23(30)19-9-11-20(12-10-19)29-24(31)21-17-5-6-18(8-7-17)22(21)25(29)32/h1-6,9-12,14,17-18,21-22H,7-8H2,(H,28,30)/b27-14+. The number of benzene rings is 2. The second-order valence-corrected chi connectivity index (χ2v) is 8.33. The Morgan fingerprint density at radius 3 is 2.09 bits per heavy atom. The van der Waals surface area contributed by atoms with Gasteiger partial charge in [0, 0.05) is 5.56 Å². The number of carbonyl (C=O) groups excluding carboxylic acids is 3. The van der Waals surface area contributed by atoms with Gasteiger partial charge in [-0.25, -0.2) is 5.43 Å². The highest BCUT2D eigenvalue weighted by Crippen LogP contribution is 2.50. The number of allylic oxidation sites excluding steroid dienone is 2. The summed E-state index contributed by atoms with van der Waals surface area (Å²) in [6, 6.07) is 15.2. The van der Waals surface area contributed by atoms with Crippen LogP contribution >= 0.6 is 0 Å². The van der Waals surface area contributed by atoms with Crippen LogP contribution in [0.5, 0.6) is 0 Å². The lowest BCUT2D eigenvalue weighted by Crippen LogP contribution is -2.38. The van der Waals surface area contributed by atoms with E-state index in [1.54, 1.807) is 48.5 Å². The highest BCUT2D eigenvalue weighted by Gasteiger charge is 2.56. The fourth-order valence-electron chi connectivity index (χ4n) is 4.96. The van der Waals surface area contributed by atoms with Gasteiger partial charge in [-0.05, 0) is 66.6 Å². The Labute approximate surface area is 185 Å². The third-order valence-electron chi connectivity index (χ3n) is 6.57. The molecule has 32 heavy (non-hydrogen) atoms. The number of amides is 3. The van der Waals surface area contributed by atoms with Gasteiger partial charge in [0.2, 0.25) is 11.8 Å². The third-order valence-corrected chi connectivity index (χ3v) is 6.57. The number of hydrogen-bond acceptors (Lipinski definition) is 5. The lowest BCUT2D eigenvalue weighted by Gasteiger charge is -2.38. The second kappa shape index (κ2) is 7.89. The highest BCUT2D eigenvalue weighted by molar-refractivity contribution is 6.22. The Hall–Kier alpha value is -4.05. The van der Waals surface area contributed by atoms with Crippen LogP contribution in [0.2, 0.25) is 0 Å². The Kier molecular flexibility index (Phi) is 4.91. The summed E-state index contributed by atoms with van der Waals surface area (Å²) < 4.78 is 0. The number of nitrogens with zero attached hydrogens (tertiary/aromatic N) is 3. The SMILES string of the molecule is N#Cc1ccc(/C=N/NC(=O)c2ccc(N3C(=O)C4C5C=CC(CC5)C4C3=O)cc2)cc1. The molecule has 2 aromatic carbocycles. The van der Waals surface area contributed by atoms with Crippen molar-refractivity contribution >= 4 is 29.6 Å². The molecular formula is C25H20N4O3. The lowest BCUT2D eigenvalue weighted by molar-refractivity contribution is -0.124. The van der Waals surface area contributed by atoms with E-state index in [0.29, 0.717) is 16.8 Å². The molecule has 0 radical (unpaired) electrons. The zero-order chi connectivity index (χ0) is 22.2. The molecule has 2 aromatic rings. The molecule has 0 aromatic heterocycles. The van der Waals surface area contributed by atoms with Crippen LogP contribution in [0.25, 0.3) is 0 Å². The van der Waals surface area contributed by atoms with Crippen LogP contribution in [-0.2, 0) is 9.59 Å². The van der Waals surface area contributed by atoms with Crippen molar-refractivity contribution in [3.63, 3.8) is 0 Å². The monoisotopic (exact) mass is 424 g/mol. The fourth-order valence-corrected chi connectivity index (χ4v) is 4.96. The molecule has 4 aliphatic rings. The van der Waals surface area contributed by atoms with Crippen molar-refractivity contribution in [1.29, 1.82) is 5.26 Å². The predicted molar refractivity (Wildman–Crippen MR) is 117 cm³/mol. The van der Waals surface area contributed by atoms with Crippen LogP contribution < -0.4 is 10.3 Å².